The van der Waals surface area contributed by atoms with Gasteiger partial charge in [0.1, 0.15) is 17.6 Å². The molecule has 1 aliphatic rings. The molecule has 3 rings (SSSR count). The number of alkyl halides is 5. The first-order valence-electron chi connectivity index (χ1n) is 12.8. The van der Waals surface area contributed by atoms with E-state index < -0.39 is 67.2 Å². The van der Waals surface area contributed by atoms with Crippen LogP contribution in [-0.2, 0) is 16.0 Å². The van der Waals surface area contributed by atoms with Crippen molar-refractivity contribution in [1.29, 1.82) is 0 Å². The number of hydrogen-bond donors (Lipinski definition) is 4. The third-order valence-electron chi connectivity index (χ3n) is 7.48. The highest BCUT2D eigenvalue weighted by atomic mass is 19.4. The third-order valence-corrected chi connectivity index (χ3v) is 7.48. The molecule has 1 fully saturated rings. The van der Waals surface area contributed by atoms with Crippen molar-refractivity contribution in [2.45, 2.75) is 57.0 Å². The molecule has 1 unspecified atom stereocenters. The van der Waals surface area contributed by atoms with Crippen LogP contribution in [0.3, 0.4) is 0 Å². The molecule has 0 spiro atoms. The molecule has 1 saturated heterocycles. The van der Waals surface area contributed by atoms with Crippen LogP contribution in [0.1, 0.15) is 34.0 Å². The lowest BCUT2D eigenvalue weighted by Crippen LogP contribution is -2.62. The summed E-state index contributed by atoms with van der Waals surface area (Å²) in [5, 5.41) is 25.8. The Bertz CT molecular complexity index is 1270. The summed E-state index contributed by atoms with van der Waals surface area (Å²) in [5.74, 6) is -7.85. The molecule has 0 saturated carbocycles. The topological polar surface area (TPSA) is 119 Å². The molecule has 8 nitrogen and oxygen atoms in total. The van der Waals surface area contributed by atoms with Gasteiger partial charge in [-0.1, -0.05) is 37.3 Å². The summed E-state index contributed by atoms with van der Waals surface area (Å²) in [6.07, 6.45) is -7.02. The zero-order valence-corrected chi connectivity index (χ0v) is 22.6. The predicted octanol–water partition coefficient (Wildman–Crippen LogP) is 2.91. The smallest absolute Gasteiger partial charge is 0.401 e. The van der Waals surface area contributed by atoms with Gasteiger partial charge in [-0.2, -0.15) is 13.2 Å². The molecule has 1 aliphatic heterocycles. The summed E-state index contributed by atoms with van der Waals surface area (Å²) in [6.45, 7) is 0.199. The second-order valence-electron chi connectivity index (χ2n) is 10.4. The summed E-state index contributed by atoms with van der Waals surface area (Å²) < 4.78 is 68.1. The third kappa shape index (κ3) is 7.02. The van der Waals surface area contributed by atoms with Crippen LogP contribution < -0.4 is 10.6 Å². The van der Waals surface area contributed by atoms with Crippen molar-refractivity contribution >= 4 is 18.1 Å². The number of aromatic hydroxyl groups is 1. The number of carbonyl (C=O) groups excluding carboxylic acids is 3. The maximum absolute atomic E-state index is 14.9. The molecular formula is C28H32F5N3O5. The maximum Gasteiger partial charge on any atom is 0.401 e. The minimum Gasteiger partial charge on any atom is -0.508 e. The van der Waals surface area contributed by atoms with Gasteiger partial charge in [0.15, 0.2) is 6.10 Å². The van der Waals surface area contributed by atoms with Crippen molar-refractivity contribution in [3.8, 4) is 5.75 Å². The largest absolute Gasteiger partial charge is 0.508 e. The average Bonchev–Trinajstić information content (AvgIpc) is 3.10. The van der Waals surface area contributed by atoms with Gasteiger partial charge in [0.25, 0.3) is 17.7 Å². The second-order valence-corrected chi connectivity index (χ2v) is 10.4. The van der Waals surface area contributed by atoms with E-state index in [4.69, 9.17) is 0 Å². The van der Waals surface area contributed by atoms with Gasteiger partial charge in [0.05, 0.1) is 25.0 Å². The van der Waals surface area contributed by atoms with Crippen LogP contribution in [0.4, 0.5) is 22.0 Å². The predicted molar refractivity (Wildman–Crippen MR) is 139 cm³/mol. The van der Waals surface area contributed by atoms with Crippen LogP contribution in [-0.4, -0.2) is 82.6 Å². The minimum atomic E-state index is -4.71. The van der Waals surface area contributed by atoms with E-state index in [1.165, 1.54) is 19.1 Å². The summed E-state index contributed by atoms with van der Waals surface area (Å²) in [7, 11) is 0. The van der Waals surface area contributed by atoms with Crippen LogP contribution in [0.15, 0.2) is 42.5 Å². The lowest BCUT2D eigenvalue weighted by molar-refractivity contribution is -0.150. The zero-order chi connectivity index (χ0) is 30.8. The highest BCUT2D eigenvalue weighted by Gasteiger charge is 2.63. The Morgan fingerprint density at radius 2 is 1.80 bits per heavy atom. The van der Waals surface area contributed by atoms with E-state index in [1.807, 2.05) is 5.32 Å². The molecule has 4 atom stereocenters. The number of aryl methyl sites for hydroxylation is 1. The van der Waals surface area contributed by atoms with Crippen molar-refractivity contribution in [2.24, 2.45) is 5.92 Å². The molecule has 1 heterocycles. The van der Waals surface area contributed by atoms with Crippen LogP contribution in [0.25, 0.3) is 0 Å². The van der Waals surface area contributed by atoms with E-state index >= 15 is 0 Å². The molecule has 13 heteroatoms. The number of nitrogens with one attached hydrogen (secondary N) is 2. The molecule has 0 bridgehead atoms. The Labute approximate surface area is 233 Å². The fourth-order valence-corrected chi connectivity index (χ4v) is 5.00. The maximum atomic E-state index is 14.9. The van der Waals surface area contributed by atoms with Gasteiger partial charge in [-0.3, -0.25) is 9.59 Å². The molecule has 2 aromatic rings. The van der Waals surface area contributed by atoms with E-state index in [2.05, 4.69) is 5.32 Å². The Kier molecular flexibility index (Phi) is 9.44. The van der Waals surface area contributed by atoms with Gasteiger partial charge in [0.2, 0.25) is 0 Å². The summed E-state index contributed by atoms with van der Waals surface area (Å²) in [4.78, 5) is 39.4. The van der Waals surface area contributed by atoms with Crippen molar-refractivity contribution in [3.63, 3.8) is 0 Å². The number of phenols is 1. The Hall–Kier alpha value is -3.58. The molecule has 2 amide bonds. The molecule has 2 aromatic carbocycles. The van der Waals surface area contributed by atoms with Crippen LogP contribution in [0.5, 0.6) is 5.75 Å². The first kappa shape index (κ1) is 31.9. The number of carbonyl (C=O) groups is 3. The normalized spacial score (nSPS) is 21.8. The number of aldehydes is 1. The van der Waals surface area contributed by atoms with Gasteiger partial charge < -0.3 is 30.5 Å². The number of halogens is 5. The van der Waals surface area contributed by atoms with Crippen molar-refractivity contribution in [1.82, 2.24) is 15.5 Å². The number of phenolic OH excluding ortho intramolecular Hbond substituents is 1. The minimum absolute atomic E-state index is 0.00373. The first-order chi connectivity index (χ1) is 19.0. The summed E-state index contributed by atoms with van der Waals surface area (Å²) in [5.41, 5.74) is -1.05. The molecule has 224 valence electrons. The van der Waals surface area contributed by atoms with Gasteiger partial charge in [-0.05, 0) is 43.5 Å². The first-order valence-corrected chi connectivity index (χ1v) is 12.8. The molecule has 0 aliphatic carbocycles. The second kappa shape index (κ2) is 12.1. The Balaban J connectivity index is 1.97. The number of likely N-dealkylation sites (tertiary alicyclic amines) is 1. The average molecular weight is 586 g/mol. The number of aliphatic hydroxyl groups is 1. The highest BCUT2D eigenvalue weighted by Crippen LogP contribution is 2.44. The number of amides is 2. The van der Waals surface area contributed by atoms with Crippen LogP contribution in [0, 0.1) is 19.8 Å². The van der Waals surface area contributed by atoms with E-state index in [1.54, 1.807) is 37.3 Å². The van der Waals surface area contributed by atoms with Gasteiger partial charge in [-0.25, -0.2) is 8.78 Å². The number of hydrogen-bond acceptors (Lipinski definition) is 6. The van der Waals surface area contributed by atoms with Crippen molar-refractivity contribution in [3.05, 3.63) is 64.7 Å². The quantitative estimate of drug-likeness (QED) is 0.252. The standard InChI is InChI=1S/C28H32F5N3O5/c1-16-9-20(17(2)22(38)10-16)24(40)35-21(11-19-7-5-4-6-8-19)23(39)25(41)36-14-27(29,30)18(3)26(36,15-37)12-34-13-28(31,32)33/h4-10,15,18,21,23,34,38-39H,11-14H2,1-3H3,(H,35,40)/t18?,21-,23-,26+/m0/s1. The van der Waals surface area contributed by atoms with Crippen LogP contribution in [0.2, 0.25) is 0 Å². The lowest BCUT2D eigenvalue weighted by Gasteiger charge is -2.38. The van der Waals surface area contributed by atoms with Gasteiger partial charge in [-0.15, -0.1) is 0 Å². The number of aliphatic hydroxyl groups excluding tert-OH is 1. The number of rotatable bonds is 10. The molecule has 0 radical (unpaired) electrons. The fourth-order valence-electron chi connectivity index (χ4n) is 5.00. The highest BCUT2D eigenvalue weighted by molar-refractivity contribution is 5.97. The van der Waals surface area contributed by atoms with Crippen molar-refractivity contribution < 1.29 is 46.5 Å². The van der Waals surface area contributed by atoms with E-state index in [0.717, 1.165) is 6.92 Å². The van der Waals surface area contributed by atoms with Crippen LogP contribution >= 0.6 is 0 Å². The zero-order valence-electron chi connectivity index (χ0n) is 22.6. The SMILES string of the molecule is Cc1cc(O)c(C)c(C(=O)N[C@@H](Cc2ccccc2)[C@H](O)C(=O)N2CC(F)(F)C(C)[C@]2(C=O)CNCC(F)(F)F)c1. The molecule has 4 N–H and O–H groups in total. The molecule has 41 heavy (non-hydrogen) atoms. The number of benzene rings is 2. The fraction of sp³-hybridized carbons (Fsp3) is 0.464. The molecular weight excluding hydrogens is 553 g/mol. The van der Waals surface area contributed by atoms with Gasteiger partial charge >= 0.3 is 6.18 Å². The van der Waals surface area contributed by atoms with E-state index in [0.29, 0.717) is 16.0 Å². The summed E-state index contributed by atoms with van der Waals surface area (Å²) >= 11 is 0. The summed E-state index contributed by atoms with van der Waals surface area (Å²) in [6, 6.07) is 9.83. The Morgan fingerprint density at radius 1 is 1.17 bits per heavy atom. The molecule has 0 aromatic heterocycles. The van der Waals surface area contributed by atoms with Gasteiger partial charge in [0, 0.05) is 17.7 Å². The monoisotopic (exact) mass is 585 g/mol. The lowest BCUT2D eigenvalue weighted by atomic mass is 9.85. The number of nitrogens with zero attached hydrogens (tertiary/aromatic N) is 1. The van der Waals surface area contributed by atoms with E-state index in [9.17, 15) is 46.5 Å². The Morgan fingerprint density at radius 3 is 2.39 bits per heavy atom. The van der Waals surface area contributed by atoms with E-state index in [-0.39, 0.29) is 29.6 Å². The van der Waals surface area contributed by atoms with Crippen molar-refractivity contribution in [2.75, 3.05) is 19.6 Å².